The summed E-state index contributed by atoms with van der Waals surface area (Å²) in [5.41, 5.74) is 2.13. The van der Waals surface area contributed by atoms with Gasteiger partial charge in [-0.05, 0) is 37.5 Å². The molecule has 0 radical (unpaired) electrons. The molecule has 2 aromatic rings. The Morgan fingerprint density at radius 3 is 2.59 bits per heavy atom. The van der Waals surface area contributed by atoms with E-state index in [-0.39, 0.29) is 22.9 Å². The van der Waals surface area contributed by atoms with Crippen LogP contribution in [-0.4, -0.2) is 21.7 Å². The molecule has 1 aromatic carbocycles. The van der Waals surface area contributed by atoms with Crippen LogP contribution in [0, 0.1) is 6.92 Å². The summed E-state index contributed by atoms with van der Waals surface area (Å²) in [5, 5.41) is 11.5. The van der Waals surface area contributed by atoms with E-state index < -0.39 is 0 Å². The number of hydrogen-bond donors (Lipinski definition) is 1. The van der Waals surface area contributed by atoms with Crippen LogP contribution in [0.5, 0.6) is 0 Å². The first-order chi connectivity index (χ1) is 10.5. The molecule has 1 fully saturated rings. The lowest BCUT2D eigenvalue weighted by Crippen LogP contribution is -2.20. The number of nitrogens with zero attached hydrogens (tertiary/aromatic N) is 1. The van der Waals surface area contributed by atoms with Gasteiger partial charge in [-0.2, -0.15) is 0 Å². The second-order valence-corrected chi connectivity index (χ2v) is 6.58. The number of aryl methyl sites for hydroxylation is 2. The van der Waals surface area contributed by atoms with Crippen LogP contribution in [0.4, 0.5) is 0 Å². The molecule has 22 heavy (non-hydrogen) atoms. The maximum atomic E-state index is 12.0. The van der Waals surface area contributed by atoms with Crippen LogP contribution in [0.1, 0.15) is 42.3 Å². The highest BCUT2D eigenvalue weighted by Gasteiger charge is 2.28. The third kappa shape index (κ3) is 2.35. The minimum Gasteiger partial charge on any atom is -0.506 e. The number of aliphatic hydroxyl groups excluding tert-OH is 1. The van der Waals surface area contributed by atoms with E-state index >= 15 is 0 Å². The van der Waals surface area contributed by atoms with Crippen molar-refractivity contribution in [3.63, 3.8) is 0 Å². The third-order valence-corrected chi connectivity index (χ3v) is 5.18. The van der Waals surface area contributed by atoms with Crippen molar-refractivity contribution < 1.29 is 14.7 Å². The Balaban J connectivity index is 2.18. The third-order valence-electron chi connectivity index (χ3n) is 4.02. The summed E-state index contributed by atoms with van der Waals surface area (Å²) >= 11 is 1.63. The van der Waals surface area contributed by atoms with E-state index in [4.69, 9.17) is 0 Å². The topological polar surface area (TPSA) is 67.3 Å². The Morgan fingerprint density at radius 2 is 1.95 bits per heavy atom. The van der Waals surface area contributed by atoms with Crippen LogP contribution < -0.4 is 0 Å². The van der Waals surface area contributed by atoms with Gasteiger partial charge in [0.15, 0.2) is 11.6 Å². The molecule has 0 amide bonds. The number of carbonyl (C=O) groups excluding carboxylic acids is 2. The molecule has 1 aromatic heterocycles. The van der Waals surface area contributed by atoms with E-state index in [1.54, 1.807) is 17.4 Å². The Bertz CT molecular complexity index is 799. The molecule has 0 aliphatic heterocycles. The van der Waals surface area contributed by atoms with Crippen molar-refractivity contribution >= 4 is 38.9 Å². The first kappa shape index (κ1) is 14.9. The van der Waals surface area contributed by atoms with Crippen molar-refractivity contribution in [2.45, 2.75) is 39.5 Å². The fourth-order valence-corrected chi connectivity index (χ4v) is 3.76. The molecule has 4 nitrogen and oxygen atoms in total. The highest BCUT2D eigenvalue weighted by molar-refractivity contribution is 7.18. The van der Waals surface area contributed by atoms with Crippen molar-refractivity contribution in [3.05, 3.63) is 33.8 Å². The van der Waals surface area contributed by atoms with Gasteiger partial charge in [0, 0.05) is 18.4 Å². The second kappa shape index (κ2) is 5.65. The molecule has 0 unspecified atom stereocenters. The molecule has 1 aliphatic rings. The van der Waals surface area contributed by atoms with E-state index in [0.717, 1.165) is 27.2 Å². The lowest BCUT2D eigenvalue weighted by Gasteiger charge is -2.15. The predicted molar refractivity (Wildman–Crippen MR) is 87.1 cm³/mol. The van der Waals surface area contributed by atoms with Crippen LogP contribution in [-0.2, 0) is 16.0 Å². The van der Waals surface area contributed by atoms with Crippen LogP contribution in [0.3, 0.4) is 0 Å². The molecule has 1 aliphatic carbocycles. The standard InChI is InChI=1S/C17H17NO3S/c1-3-14-18-16-9(2)10(7-8-13(16)22-14)17(21)15-11(19)5-4-6-12(15)20/h7-8,21H,3-6H2,1-2H3. The summed E-state index contributed by atoms with van der Waals surface area (Å²) < 4.78 is 1.05. The maximum Gasteiger partial charge on any atom is 0.170 e. The van der Waals surface area contributed by atoms with E-state index in [9.17, 15) is 14.7 Å². The van der Waals surface area contributed by atoms with Crippen LogP contribution >= 0.6 is 11.3 Å². The molecule has 1 heterocycles. The van der Waals surface area contributed by atoms with Gasteiger partial charge in [0.25, 0.3) is 0 Å². The lowest BCUT2D eigenvalue weighted by molar-refractivity contribution is -0.123. The van der Waals surface area contributed by atoms with E-state index in [2.05, 4.69) is 4.98 Å². The minimum absolute atomic E-state index is 0.0420. The number of aliphatic hydroxyl groups is 1. The minimum atomic E-state index is -0.263. The van der Waals surface area contributed by atoms with E-state index in [0.29, 0.717) is 24.8 Å². The molecule has 0 saturated heterocycles. The number of Topliss-reactive ketones (excluding diaryl/α,β-unsaturated/α-hetero) is 2. The van der Waals surface area contributed by atoms with Gasteiger partial charge in [0.05, 0.1) is 15.2 Å². The van der Waals surface area contributed by atoms with E-state index in [1.807, 2.05) is 19.9 Å². The van der Waals surface area contributed by atoms with Gasteiger partial charge in [-0.15, -0.1) is 11.3 Å². The predicted octanol–water partition coefficient (Wildman–Crippen LogP) is 3.76. The molecule has 0 atom stereocenters. The average Bonchev–Trinajstić information content (AvgIpc) is 2.91. The number of aromatic nitrogens is 1. The summed E-state index contributed by atoms with van der Waals surface area (Å²) in [6.07, 6.45) is 2.07. The fraction of sp³-hybridized carbons (Fsp3) is 0.353. The number of thiazole rings is 1. The lowest BCUT2D eigenvalue weighted by atomic mass is 9.89. The summed E-state index contributed by atoms with van der Waals surface area (Å²) in [5.74, 6) is -0.721. The zero-order valence-electron chi connectivity index (χ0n) is 12.6. The molecular weight excluding hydrogens is 298 g/mol. The Kier molecular flexibility index (Phi) is 3.83. The summed E-state index contributed by atoms with van der Waals surface area (Å²) in [4.78, 5) is 28.6. The number of ketones is 2. The Labute approximate surface area is 132 Å². The number of carbonyl (C=O) groups is 2. The smallest absolute Gasteiger partial charge is 0.170 e. The summed E-state index contributed by atoms with van der Waals surface area (Å²) in [6, 6.07) is 3.66. The number of rotatable bonds is 2. The Hall–Kier alpha value is -2.01. The summed E-state index contributed by atoms with van der Waals surface area (Å²) in [7, 11) is 0. The summed E-state index contributed by atoms with van der Waals surface area (Å²) in [6.45, 7) is 3.91. The van der Waals surface area contributed by atoms with E-state index in [1.165, 1.54) is 0 Å². The molecular formula is C17H17NO3S. The SMILES string of the molecule is CCc1nc2c(C)c(C(O)=C3C(=O)CCCC3=O)ccc2s1. The van der Waals surface area contributed by atoms with Crippen molar-refractivity contribution in [1.29, 1.82) is 0 Å². The zero-order chi connectivity index (χ0) is 15.9. The van der Waals surface area contributed by atoms with Crippen molar-refractivity contribution in [2.75, 3.05) is 0 Å². The molecule has 0 bridgehead atoms. The van der Waals surface area contributed by atoms with Crippen molar-refractivity contribution in [3.8, 4) is 0 Å². The van der Waals surface area contributed by atoms with Gasteiger partial charge in [-0.25, -0.2) is 4.98 Å². The fourth-order valence-electron chi connectivity index (χ4n) is 2.79. The molecule has 0 spiro atoms. The molecule has 114 valence electrons. The van der Waals surface area contributed by atoms with Gasteiger partial charge >= 0.3 is 0 Å². The monoisotopic (exact) mass is 315 g/mol. The van der Waals surface area contributed by atoms with Crippen molar-refractivity contribution in [2.24, 2.45) is 0 Å². The van der Waals surface area contributed by atoms with Crippen LogP contribution in [0.25, 0.3) is 16.0 Å². The number of fused-ring (bicyclic) bond motifs is 1. The first-order valence-corrected chi connectivity index (χ1v) is 8.23. The Morgan fingerprint density at radius 1 is 1.27 bits per heavy atom. The zero-order valence-corrected chi connectivity index (χ0v) is 13.4. The quantitative estimate of drug-likeness (QED) is 0.520. The molecule has 3 rings (SSSR count). The number of allylic oxidation sites excluding steroid dienone is 1. The average molecular weight is 315 g/mol. The van der Waals surface area contributed by atoms with Gasteiger partial charge in [0.1, 0.15) is 11.3 Å². The van der Waals surface area contributed by atoms with Crippen LogP contribution in [0.2, 0.25) is 0 Å². The van der Waals surface area contributed by atoms with Crippen LogP contribution in [0.15, 0.2) is 17.7 Å². The van der Waals surface area contributed by atoms with Gasteiger partial charge < -0.3 is 5.11 Å². The van der Waals surface area contributed by atoms with Crippen molar-refractivity contribution in [1.82, 2.24) is 4.98 Å². The molecule has 1 saturated carbocycles. The highest BCUT2D eigenvalue weighted by atomic mass is 32.1. The first-order valence-electron chi connectivity index (χ1n) is 7.42. The number of benzene rings is 1. The van der Waals surface area contributed by atoms with Gasteiger partial charge in [0.2, 0.25) is 0 Å². The normalized spacial score (nSPS) is 15.6. The largest absolute Gasteiger partial charge is 0.506 e. The highest BCUT2D eigenvalue weighted by Crippen LogP contribution is 2.32. The van der Waals surface area contributed by atoms with Gasteiger partial charge in [-0.1, -0.05) is 6.92 Å². The molecule has 5 heteroatoms. The number of hydrogen-bond acceptors (Lipinski definition) is 5. The molecule has 1 N–H and O–H groups in total. The maximum absolute atomic E-state index is 12.0. The second-order valence-electron chi connectivity index (χ2n) is 5.47. The van der Waals surface area contributed by atoms with Gasteiger partial charge in [-0.3, -0.25) is 9.59 Å².